The summed E-state index contributed by atoms with van der Waals surface area (Å²) in [4.78, 5) is 37.0. The van der Waals surface area contributed by atoms with E-state index in [9.17, 15) is 14.0 Å². The van der Waals surface area contributed by atoms with Crippen LogP contribution in [0.15, 0.2) is 47.7 Å². The normalized spacial score (nSPS) is 26.8. The summed E-state index contributed by atoms with van der Waals surface area (Å²) in [5, 5.41) is 3.13. The zero-order valence-corrected chi connectivity index (χ0v) is 21.0. The number of pyridine rings is 1. The first-order chi connectivity index (χ1) is 16.9. The molecule has 1 aliphatic carbocycles. The zero-order chi connectivity index (χ0) is 25.8. The number of ether oxygens (including phenoxy) is 1. The molecule has 0 radical (unpaired) electrons. The van der Waals surface area contributed by atoms with Crippen molar-refractivity contribution in [1.82, 2.24) is 15.2 Å². The molecule has 2 aliphatic heterocycles. The molecule has 3 aliphatic rings. The topological polar surface area (TPSA) is 110 Å². The highest BCUT2D eigenvalue weighted by atomic mass is 19.1. The first-order valence-electron chi connectivity index (χ1n) is 12.3. The Bertz CT molecular complexity index is 1230. The SMILES string of the molecule is CC1(C)CC(=O)N([C@H](c2cccnc2)[C@H]2CC2C(=O)NC2CC(C)(C)Oc3ccc(F)cc32)C(N)=N1. The summed E-state index contributed by atoms with van der Waals surface area (Å²) in [6.45, 7) is 7.64. The van der Waals surface area contributed by atoms with Crippen LogP contribution in [0.25, 0.3) is 0 Å². The molecule has 0 bridgehead atoms. The highest BCUT2D eigenvalue weighted by molar-refractivity contribution is 5.99. The predicted molar refractivity (Wildman–Crippen MR) is 132 cm³/mol. The van der Waals surface area contributed by atoms with Crippen LogP contribution in [-0.2, 0) is 9.59 Å². The number of carbonyl (C=O) groups excluding carboxylic acids is 2. The number of nitrogens with one attached hydrogen (secondary N) is 1. The van der Waals surface area contributed by atoms with Crippen LogP contribution in [-0.4, -0.2) is 38.8 Å². The fraction of sp³-hybridized carbons (Fsp3) is 0.481. The van der Waals surface area contributed by atoms with Crippen molar-refractivity contribution >= 4 is 17.8 Å². The molecule has 1 fully saturated rings. The van der Waals surface area contributed by atoms with Crippen molar-refractivity contribution in [3.8, 4) is 5.75 Å². The summed E-state index contributed by atoms with van der Waals surface area (Å²) in [6, 6.07) is 7.26. The van der Waals surface area contributed by atoms with Gasteiger partial charge in [-0.05, 0) is 69.9 Å². The Morgan fingerprint density at radius 3 is 2.75 bits per heavy atom. The van der Waals surface area contributed by atoms with Gasteiger partial charge in [0.05, 0.1) is 24.0 Å². The van der Waals surface area contributed by atoms with Crippen molar-refractivity contribution in [3.63, 3.8) is 0 Å². The van der Waals surface area contributed by atoms with E-state index in [1.807, 2.05) is 33.8 Å². The maximum absolute atomic E-state index is 14.0. The van der Waals surface area contributed by atoms with Gasteiger partial charge in [-0.25, -0.2) is 9.38 Å². The van der Waals surface area contributed by atoms with Crippen LogP contribution in [0.3, 0.4) is 0 Å². The summed E-state index contributed by atoms with van der Waals surface area (Å²) < 4.78 is 20.0. The maximum atomic E-state index is 14.0. The minimum Gasteiger partial charge on any atom is -0.487 e. The van der Waals surface area contributed by atoms with Gasteiger partial charge in [0.2, 0.25) is 11.8 Å². The zero-order valence-electron chi connectivity index (χ0n) is 21.0. The largest absolute Gasteiger partial charge is 0.487 e. The van der Waals surface area contributed by atoms with Crippen LogP contribution in [0.2, 0.25) is 0 Å². The second-order valence-electron chi connectivity index (χ2n) is 11.3. The fourth-order valence-electron chi connectivity index (χ4n) is 5.52. The molecule has 1 aromatic carbocycles. The molecule has 8 nitrogen and oxygen atoms in total. The van der Waals surface area contributed by atoms with Gasteiger partial charge in [-0.15, -0.1) is 0 Å². The highest BCUT2D eigenvalue weighted by Crippen LogP contribution is 2.51. The smallest absolute Gasteiger partial charge is 0.232 e. The minimum atomic E-state index is -0.573. The summed E-state index contributed by atoms with van der Waals surface area (Å²) in [5.41, 5.74) is 6.66. The van der Waals surface area contributed by atoms with Gasteiger partial charge in [0, 0.05) is 30.3 Å². The van der Waals surface area contributed by atoms with E-state index < -0.39 is 17.2 Å². The number of benzene rings is 1. The minimum absolute atomic E-state index is 0.122. The lowest BCUT2D eigenvalue weighted by Crippen LogP contribution is -2.52. The van der Waals surface area contributed by atoms with Gasteiger partial charge in [-0.1, -0.05) is 6.07 Å². The molecule has 9 heteroatoms. The summed E-state index contributed by atoms with van der Waals surface area (Å²) in [7, 11) is 0. The number of rotatable bonds is 5. The van der Waals surface area contributed by atoms with Crippen molar-refractivity contribution in [1.29, 1.82) is 0 Å². The Hall–Kier alpha value is -3.49. The van der Waals surface area contributed by atoms with Crippen molar-refractivity contribution in [3.05, 3.63) is 59.7 Å². The molecule has 36 heavy (non-hydrogen) atoms. The third-order valence-corrected chi connectivity index (χ3v) is 7.15. The van der Waals surface area contributed by atoms with Gasteiger partial charge >= 0.3 is 0 Å². The second-order valence-corrected chi connectivity index (χ2v) is 11.3. The number of hydrogen-bond donors (Lipinski definition) is 2. The third-order valence-electron chi connectivity index (χ3n) is 7.15. The Kier molecular flexibility index (Phi) is 5.76. The molecule has 2 amide bonds. The van der Waals surface area contributed by atoms with E-state index in [4.69, 9.17) is 10.5 Å². The maximum Gasteiger partial charge on any atom is 0.232 e. The standard InChI is InChI=1S/C27H32FN5O3/c1-26(2)13-22(34)33(25(29)32-26)23(15-6-5-9-30-14-15)17-11-18(17)24(35)31-20-12-27(3,4)36-21-8-7-16(28)10-19(20)21/h5-10,14,17-18,20,23H,11-13H2,1-4H3,(H2,29,32)(H,31,35)/t17-,18?,20?,23+/m0/s1. The monoisotopic (exact) mass is 493 g/mol. The first kappa shape index (κ1) is 24.2. The number of fused-ring (bicyclic) bond motifs is 1. The molecular formula is C27H32FN5O3. The second kappa shape index (κ2) is 8.57. The molecule has 0 spiro atoms. The summed E-state index contributed by atoms with van der Waals surface area (Å²) in [6.07, 6.45) is 4.71. The predicted octanol–water partition coefficient (Wildman–Crippen LogP) is 3.64. The number of aromatic nitrogens is 1. The Morgan fingerprint density at radius 1 is 1.28 bits per heavy atom. The number of halogens is 1. The van der Waals surface area contributed by atoms with Gasteiger partial charge in [0.15, 0.2) is 5.96 Å². The molecule has 5 rings (SSSR count). The third kappa shape index (κ3) is 4.66. The average molecular weight is 494 g/mol. The number of amides is 2. The quantitative estimate of drug-likeness (QED) is 0.661. The molecule has 3 N–H and O–H groups in total. The van der Waals surface area contributed by atoms with Gasteiger partial charge < -0.3 is 15.8 Å². The van der Waals surface area contributed by atoms with E-state index in [0.717, 1.165) is 5.56 Å². The van der Waals surface area contributed by atoms with Crippen LogP contribution in [0.5, 0.6) is 5.75 Å². The highest BCUT2D eigenvalue weighted by Gasteiger charge is 2.53. The molecule has 0 saturated heterocycles. The summed E-state index contributed by atoms with van der Waals surface area (Å²) in [5.74, 6) is -0.369. The van der Waals surface area contributed by atoms with E-state index in [0.29, 0.717) is 24.2 Å². The Labute approximate surface area is 210 Å². The van der Waals surface area contributed by atoms with Crippen LogP contribution in [0, 0.1) is 17.7 Å². The van der Waals surface area contributed by atoms with Crippen molar-refractivity contribution in [2.24, 2.45) is 22.6 Å². The van der Waals surface area contributed by atoms with Crippen molar-refractivity contribution < 1.29 is 18.7 Å². The fourth-order valence-corrected chi connectivity index (χ4v) is 5.52. The van der Waals surface area contributed by atoms with Crippen LogP contribution < -0.4 is 15.8 Å². The van der Waals surface area contributed by atoms with Gasteiger partial charge in [0.1, 0.15) is 17.2 Å². The van der Waals surface area contributed by atoms with Gasteiger partial charge in [-0.2, -0.15) is 0 Å². The van der Waals surface area contributed by atoms with E-state index in [1.54, 1.807) is 24.5 Å². The van der Waals surface area contributed by atoms with Crippen molar-refractivity contribution in [2.45, 2.75) is 70.2 Å². The number of nitrogens with two attached hydrogens (primary N) is 1. The number of nitrogens with zero attached hydrogens (tertiary/aromatic N) is 3. The number of guanidine groups is 1. The number of aliphatic imine (C=N–C) groups is 1. The van der Waals surface area contributed by atoms with Crippen LogP contribution in [0.4, 0.5) is 4.39 Å². The number of carbonyl (C=O) groups is 2. The molecule has 4 atom stereocenters. The van der Waals surface area contributed by atoms with E-state index in [1.165, 1.54) is 17.0 Å². The van der Waals surface area contributed by atoms with E-state index >= 15 is 0 Å². The van der Waals surface area contributed by atoms with Gasteiger partial charge in [-0.3, -0.25) is 19.5 Å². The Morgan fingerprint density at radius 2 is 2.06 bits per heavy atom. The van der Waals surface area contributed by atoms with Gasteiger partial charge in [0.25, 0.3) is 0 Å². The lowest BCUT2D eigenvalue weighted by Gasteiger charge is -2.38. The van der Waals surface area contributed by atoms with Crippen LogP contribution >= 0.6 is 0 Å². The molecule has 190 valence electrons. The average Bonchev–Trinajstić information content (AvgIpc) is 3.56. The lowest BCUT2D eigenvalue weighted by molar-refractivity contribution is -0.132. The van der Waals surface area contributed by atoms with E-state index in [2.05, 4.69) is 15.3 Å². The molecule has 2 unspecified atom stereocenters. The van der Waals surface area contributed by atoms with Crippen LogP contribution in [0.1, 0.15) is 70.2 Å². The summed E-state index contributed by atoms with van der Waals surface area (Å²) >= 11 is 0. The number of hydrogen-bond acceptors (Lipinski definition) is 6. The molecule has 1 saturated carbocycles. The molecule has 3 heterocycles. The Balaban J connectivity index is 1.40. The molecular weight excluding hydrogens is 461 g/mol. The molecule has 2 aromatic rings. The lowest BCUT2D eigenvalue weighted by atomic mass is 9.89. The first-order valence-corrected chi connectivity index (χ1v) is 12.3. The van der Waals surface area contributed by atoms with Crippen molar-refractivity contribution in [2.75, 3.05) is 0 Å². The van der Waals surface area contributed by atoms with E-state index in [-0.39, 0.29) is 47.9 Å². The molecule has 1 aromatic heterocycles.